The van der Waals surface area contributed by atoms with Crippen LogP contribution >= 0.6 is 0 Å². The van der Waals surface area contributed by atoms with Gasteiger partial charge in [-0.05, 0) is 41.8 Å². The van der Waals surface area contributed by atoms with Crippen molar-refractivity contribution in [3.8, 4) is 0 Å². The number of aromatic nitrogens is 1. The summed E-state index contributed by atoms with van der Waals surface area (Å²) >= 11 is 0. The van der Waals surface area contributed by atoms with Gasteiger partial charge >= 0.3 is 0 Å². The highest BCUT2D eigenvalue weighted by atomic mass is 16.3. The van der Waals surface area contributed by atoms with E-state index in [9.17, 15) is 4.79 Å². The molecular weight excluding hydrogens is 264 g/mol. The zero-order valence-electron chi connectivity index (χ0n) is 12.0. The van der Waals surface area contributed by atoms with Crippen LogP contribution in [0.3, 0.4) is 0 Å². The number of anilines is 1. The van der Waals surface area contributed by atoms with E-state index in [1.807, 2.05) is 24.3 Å². The molecule has 21 heavy (non-hydrogen) atoms. The van der Waals surface area contributed by atoms with E-state index < -0.39 is 0 Å². The first-order valence-electron chi connectivity index (χ1n) is 6.88. The van der Waals surface area contributed by atoms with Gasteiger partial charge in [0.25, 0.3) is 5.91 Å². The number of nitrogens with one attached hydrogen (secondary N) is 1. The van der Waals surface area contributed by atoms with Gasteiger partial charge < -0.3 is 9.73 Å². The van der Waals surface area contributed by atoms with Crippen molar-refractivity contribution < 1.29 is 9.21 Å². The van der Waals surface area contributed by atoms with Crippen LogP contribution in [0, 0.1) is 0 Å². The van der Waals surface area contributed by atoms with E-state index in [0.717, 1.165) is 11.2 Å². The first-order chi connectivity index (χ1) is 10.1. The van der Waals surface area contributed by atoms with Gasteiger partial charge in [0.05, 0.1) is 0 Å². The van der Waals surface area contributed by atoms with Crippen molar-refractivity contribution in [1.29, 1.82) is 0 Å². The molecule has 106 valence electrons. The molecule has 0 aliphatic rings. The van der Waals surface area contributed by atoms with Gasteiger partial charge in [-0.15, -0.1) is 0 Å². The third-order valence-corrected chi connectivity index (χ3v) is 3.43. The fourth-order valence-electron chi connectivity index (χ4n) is 2.15. The SMILES string of the molecule is CC(C)c1ccc(NC(=O)c2ccc3ncoc3c2)cc1. The first-order valence-corrected chi connectivity index (χ1v) is 6.88. The van der Waals surface area contributed by atoms with Crippen LogP contribution in [0.15, 0.2) is 53.3 Å². The Bertz CT molecular complexity index is 773. The van der Waals surface area contributed by atoms with E-state index in [0.29, 0.717) is 17.1 Å². The Morgan fingerprint density at radius 2 is 1.90 bits per heavy atom. The fraction of sp³-hybridized carbons (Fsp3) is 0.176. The Morgan fingerprint density at radius 3 is 2.62 bits per heavy atom. The molecule has 0 saturated carbocycles. The van der Waals surface area contributed by atoms with Gasteiger partial charge in [-0.3, -0.25) is 4.79 Å². The molecule has 1 heterocycles. The molecule has 1 N–H and O–H groups in total. The second kappa shape index (κ2) is 5.40. The maximum absolute atomic E-state index is 12.2. The number of amides is 1. The molecule has 0 saturated heterocycles. The predicted molar refractivity (Wildman–Crippen MR) is 82.5 cm³/mol. The highest BCUT2D eigenvalue weighted by Gasteiger charge is 2.09. The number of benzene rings is 2. The Balaban J connectivity index is 1.78. The van der Waals surface area contributed by atoms with E-state index >= 15 is 0 Å². The molecule has 2 aromatic carbocycles. The number of carbonyl (C=O) groups excluding carboxylic acids is 1. The van der Waals surface area contributed by atoms with E-state index in [1.165, 1.54) is 12.0 Å². The summed E-state index contributed by atoms with van der Waals surface area (Å²) in [5, 5.41) is 2.88. The summed E-state index contributed by atoms with van der Waals surface area (Å²) in [4.78, 5) is 16.3. The summed E-state index contributed by atoms with van der Waals surface area (Å²) in [6, 6.07) is 13.1. The van der Waals surface area contributed by atoms with Gasteiger partial charge in [-0.2, -0.15) is 0 Å². The smallest absolute Gasteiger partial charge is 0.255 e. The Kier molecular flexibility index (Phi) is 3.44. The van der Waals surface area contributed by atoms with Gasteiger partial charge in [0, 0.05) is 11.3 Å². The number of rotatable bonds is 3. The van der Waals surface area contributed by atoms with Crippen molar-refractivity contribution in [2.24, 2.45) is 0 Å². The molecule has 3 aromatic rings. The predicted octanol–water partition coefficient (Wildman–Crippen LogP) is 4.20. The molecule has 0 aliphatic carbocycles. The number of nitrogens with zero attached hydrogens (tertiary/aromatic N) is 1. The molecule has 3 rings (SSSR count). The van der Waals surface area contributed by atoms with Gasteiger partial charge in [0.2, 0.25) is 0 Å². The molecule has 4 nitrogen and oxygen atoms in total. The summed E-state index contributed by atoms with van der Waals surface area (Å²) < 4.78 is 5.21. The van der Waals surface area contributed by atoms with Crippen LogP contribution in [0.25, 0.3) is 11.1 Å². The summed E-state index contributed by atoms with van der Waals surface area (Å²) in [7, 11) is 0. The van der Waals surface area contributed by atoms with E-state index in [-0.39, 0.29) is 5.91 Å². The third kappa shape index (κ3) is 2.79. The summed E-state index contributed by atoms with van der Waals surface area (Å²) in [5.41, 5.74) is 3.93. The molecule has 0 bridgehead atoms. The average molecular weight is 280 g/mol. The maximum atomic E-state index is 12.2. The first kappa shape index (κ1) is 13.4. The quantitative estimate of drug-likeness (QED) is 0.782. The van der Waals surface area contributed by atoms with Crippen LogP contribution in [0.4, 0.5) is 5.69 Å². The largest absolute Gasteiger partial charge is 0.443 e. The van der Waals surface area contributed by atoms with Crippen LogP contribution in [0.2, 0.25) is 0 Å². The highest BCUT2D eigenvalue weighted by Crippen LogP contribution is 2.19. The number of carbonyl (C=O) groups is 1. The lowest BCUT2D eigenvalue weighted by Crippen LogP contribution is -2.11. The normalized spacial score (nSPS) is 11.0. The zero-order chi connectivity index (χ0) is 14.8. The van der Waals surface area contributed by atoms with Crippen LogP contribution in [-0.4, -0.2) is 10.9 Å². The van der Waals surface area contributed by atoms with Crippen molar-refractivity contribution in [1.82, 2.24) is 4.98 Å². The van der Waals surface area contributed by atoms with Crippen molar-refractivity contribution in [3.05, 3.63) is 60.0 Å². The lowest BCUT2D eigenvalue weighted by atomic mass is 10.0. The molecule has 1 amide bonds. The van der Waals surface area contributed by atoms with Gasteiger partial charge in [0.15, 0.2) is 12.0 Å². The molecule has 0 radical (unpaired) electrons. The zero-order valence-corrected chi connectivity index (χ0v) is 12.0. The number of fused-ring (bicyclic) bond motifs is 1. The molecule has 4 heteroatoms. The van der Waals surface area contributed by atoms with E-state index in [2.05, 4.69) is 24.1 Å². The number of oxazole rings is 1. The fourth-order valence-corrected chi connectivity index (χ4v) is 2.15. The average Bonchev–Trinajstić information content (AvgIpc) is 2.95. The molecule has 0 atom stereocenters. The van der Waals surface area contributed by atoms with E-state index in [1.54, 1.807) is 18.2 Å². The van der Waals surface area contributed by atoms with Gasteiger partial charge in [0.1, 0.15) is 5.52 Å². The minimum absolute atomic E-state index is 0.161. The monoisotopic (exact) mass is 280 g/mol. The highest BCUT2D eigenvalue weighted by molar-refractivity contribution is 6.05. The summed E-state index contributed by atoms with van der Waals surface area (Å²) in [6.07, 6.45) is 1.37. The van der Waals surface area contributed by atoms with Gasteiger partial charge in [-0.25, -0.2) is 4.98 Å². The maximum Gasteiger partial charge on any atom is 0.255 e. The number of hydrogen-bond donors (Lipinski definition) is 1. The Morgan fingerprint density at radius 1 is 1.14 bits per heavy atom. The van der Waals surface area contributed by atoms with Crippen LogP contribution in [0.5, 0.6) is 0 Å². The van der Waals surface area contributed by atoms with Gasteiger partial charge in [-0.1, -0.05) is 26.0 Å². The molecule has 0 aliphatic heterocycles. The Labute approximate surface area is 122 Å². The second-order valence-corrected chi connectivity index (χ2v) is 5.27. The standard InChI is InChI=1S/C17H16N2O2/c1-11(2)12-3-6-14(7-4-12)19-17(20)13-5-8-15-16(9-13)21-10-18-15/h3-11H,1-2H3,(H,19,20). The summed E-state index contributed by atoms with van der Waals surface area (Å²) in [5.74, 6) is 0.314. The third-order valence-electron chi connectivity index (χ3n) is 3.43. The van der Waals surface area contributed by atoms with Crippen molar-refractivity contribution >= 4 is 22.7 Å². The Hall–Kier alpha value is -2.62. The molecule has 0 spiro atoms. The molecule has 0 fully saturated rings. The topological polar surface area (TPSA) is 55.1 Å². The second-order valence-electron chi connectivity index (χ2n) is 5.27. The van der Waals surface area contributed by atoms with Crippen molar-refractivity contribution in [2.75, 3.05) is 5.32 Å². The van der Waals surface area contributed by atoms with Crippen LogP contribution in [0.1, 0.15) is 35.7 Å². The lowest BCUT2D eigenvalue weighted by Gasteiger charge is -2.08. The summed E-state index contributed by atoms with van der Waals surface area (Å²) in [6.45, 7) is 4.28. The molecular formula is C17H16N2O2. The van der Waals surface area contributed by atoms with E-state index in [4.69, 9.17) is 4.42 Å². The number of hydrogen-bond acceptors (Lipinski definition) is 3. The van der Waals surface area contributed by atoms with Crippen LogP contribution < -0.4 is 5.32 Å². The lowest BCUT2D eigenvalue weighted by molar-refractivity contribution is 0.102. The minimum Gasteiger partial charge on any atom is -0.443 e. The van der Waals surface area contributed by atoms with Crippen molar-refractivity contribution in [3.63, 3.8) is 0 Å². The minimum atomic E-state index is -0.161. The molecule has 1 aromatic heterocycles. The van der Waals surface area contributed by atoms with Crippen molar-refractivity contribution in [2.45, 2.75) is 19.8 Å². The molecule has 0 unspecified atom stereocenters. The van der Waals surface area contributed by atoms with Crippen LogP contribution in [-0.2, 0) is 0 Å².